The third-order valence-corrected chi connectivity index (χ3v) is 4.54. The van der Waals surface area contributed by atoms with Crippen molar-refractivity contribution in [1.29, 1.82) is 0 Å². The van der Waals surface area contributed by atoms with Crippen LogP contribution >= 0.6 is 0 Å². The molecule has 0 bridgehead atoms. The zero-order chi connectivity index (χ0) is 16.8. The minimum atomic E-state index is -0.297. The second kappa shape index (κ2) is 8.11. The van der Waals surface area contributed by atoms with Crippen LogP contribution in [0.4, 0.5) is 5.69 Å². The van der Waals surface area contributed by atoms with E-state index >= 15 is 0 Å². The van der Waals surface area contributed by atoms with Crippen molar-refractivity contribution < 1.29 is 9.59 Å². The second-order valence-electron chi connectivity index (χ2n) is 6.30. The lowest BCUT2D eigenvalue weighted by Gasteiger charge is -2.34. The smallest absolute Gasteiger partial charge is 0.238 e. The number of rotatable bonds is 6. The monoisotopic (exact) mass is 317 g/mol. The third kappa shape index (κ3) is 4.79. The van der Waals surface area contributed by atoms with Gasteiger partial charge in [0, 0.05) is 18.2 Å². The zero-order valence-electron chi connectivity index (χ0n) is 14.1. The van der Waals surface area contributed by atoms with E-state index in [2.05, 4.69) is 17.1 Å². The number of primary amides is 1. The number of likely N-dealkylation sites (tertiary alicyclic amines) is 1. The number of hydrogen-bond acceptors (Lipinski definition) is 3. The molecular weight excluding hydrogens is 290 g/mol. The van der Waals surface area contributed by atoms with E-state index in [0.29, 0.717) is 13.0 Å². The van der Waals surface area contributed by atoms with Crippen molar-refractivity contribution in [3.05, 3.63) is 29.3 Å². The molecule has 2 rings (SSSR count). The molecule has 5 heteroatoms. The van der Waals surface area contributed by atoms with Crippen molar-refractivity contribution in [3.8, 4) is 0 Å². The van der Waals surface area contributed by atoms with E-state index in [-0.39, 0.29) is 17.9 Å². The molecule has 1 heterocycles. The summed E-state index contributed by atoms with van der Waals surface area (Å²) in [7, 11) is 0. The summed E-state index contributed by atoms with van der Waals surface area (Å²) in [6.07, 6.45) is 4.30. The molecule has 2 amide bonds. The minimum Gasteiger partial charge on any atom is -0.370 e. The quantitative estimate of drug-likeness (QED) is 0.845. The molecular formula is C18H27N3O2. The topological polar surface area (TPSA) is 75.4 Å². The molecule has 1 atom stereocenters. The van der Waals surface area contributed by atoms with Gasteiger partial charge in [-0.25, -0.2) is 0 Å². The van der Waals surface area contributed by atoms with E-state index in [1.54, 1.807) is 0 Å². The molecule has 5 nitrogen and oxygen atoms in total. The van der Waals surface area contributed by atoms with E-state index in [9.17, 15) is 9.59 Å². The Labute approximate surface area is 138 Å². The molecule has 1 fully saturated rings. The predicted molar refractivity (Wildman–Crippen MR) is 92.2 cm³/mol. The molecule has 1 aliphatic rings. The van der Waals surface area contributed by atoms with Crippen LogP contribution < -0.4 is 11.1 Å². The first-order valence-corrected chi connectivity index (χ1v) is 8.42. The number of carbonyl (C=O) groups is 2. The summed E-state index contributed by atoms with van der Waals surface area (Å²) in [6, 6.07) is 6.15. The molecule has 23 heavy (non-hydrogen) atoms. The van der Waals surface area contributed by atoms with Crippen molar-refractivity contribution in [2.24, 2.45) is 5.73 Å². The van der Waals surface area contributed by atoms with E-state index in [4.69, 9.17) is 5.73 Å². The van der Waals surface area contributed by atoms with Crippen LogP contribution in [0.15, 0.2) is 18.2 Å². The van der Waals surface area contributed by atoms with Crippen molar-refractivity contribution in [2.45, 2.75) is 52.0 Å². The molecule has 1 aromatic rings. The summed E-state index contributed by atoms with van der Waals surface area (Å²) in [4.78, 5) is 25.8. The van der Waals surface area contributed by atoms with E-state index in [0.717, 1.165) is 49.0 Å². The van der Waals surface area contributed by atoms with Crippen LogP contribution in [0.1, 0.15) is 43.7 Å². The highest BCUT2D eigenvalue weighted by Crippen LogP contribution is 2.22. The van der Waals surface area contributed by atoms with Gasteiger partial charge in [0.1, 0.15) is 0 Å². The summed E-state index contributed by atoms with van der Waals surface area (Å²) in [6.45, 7) is 5.25. The highest BCUT2D eigenvalue weighted by Gasteiger charge is 2.25. The fourth-order valence-electron chi connectivity index (χ4n) is 3.30. The molecule has 0 saturated carbocycles. The fraction of sp³-hybridized carbons (Fsp3) is 0.556. The molecule has 1 aliphatic heterocycles. The molecule has 1 aromatic carbocycles. The zero-order valence-corrected chi connectivity index (χ0v) is 14.1. The second-order valence-corrected chi connectivity index (χ2v) is 6.30. The van der Waals surface area contributed by atoms with Gasteiger partial charge in [0.25, 0.3) is 0 Å². The molecule has 3 N–H and O–H groups in total. The van der Waals surface area contributed by atoms with Gasteiger partial charge in [0.05, 0.1) is 6.54 Å². The van der Waals surface area contributed by atoms with Crippen LogP contribution in [0, 0.1) is 6.92 Å². The lowest BCUT2D eigenvalue weighted by molar-refractivity contribution is -0.122. The van der Waals surface area contributed by atoms with Gasteiger partial charge in [-0.1, -0.05) is 31.5 Å². The Kier molecular flexibility index (Phi) is 6.16. The van der Waals surface area contributed by atoms with Crippen LogP contribution in [0.25, 0.3) is 0 Å². The standard InChI is InChI=1S/C18H27N3O2/c1-3-14-8-6-7-13(2)18(14)20-17(23)12-21-10-5-4-9-15(21)11-16(19)22/h6-8,15H,3-5,9-12H2,1-2H3,(H2,19,22)(H,20,23)/t15-/m1/s1. The van der Waals surface area contributed by atoms with Gasteiger partial charge >= 0.3 is 0 Å². The van der Waals surface area contributed by atoms with Gasteiger partial charge in [0.15, 0.2) is 0 Å². The van der Waals surface area contributed by atoms with Gasteiger partial charge in [-0.15, -0.1) is 0 Å². The van der Waals surface area contributed by atoms with Gasteiger partial charge in [-0.05, 0) is 43.9 Å². The summed E-state index contributed by atoms with van der Waals surface area (Å²) in [5.74, 6) is -0.320. The number of piperidine rings is 1. The molecule has 0 unspecified atom stereocenters. The van der Waals surface area contributed by atoms with Crippen LogP contribution in [0.5, 0.6) is 0 Å². The Bertz CT molecular complexity index is 571. The minimum absolute atomic E-state index is 0.0228. The van der Waals surface area contributed by atoms with Crippen molar-refractivity contribution in [1.82, 2.24) is 4.90 Å². The highest BCUT2D eigenvalue weighted by molar-refractivity contribution is 5.93. The molecule has 0 aliphatic carbocycles. The number of nitrogens with zero attached hydrogens (tertiary/aromatic N) is 1. The van der Waals surface area contributed by atoms with Crippen molar-refractivity contribution in [2.75, 3.05) is 18.4 Å². The summed E-state index contributed by atoms with van der Waals surface area (Å²) < 4.78 is 0. The van der Waals surface area contributed by atoms with Crippen molar-refractivity contribution >= 4 is 17.5 Å². The molecule has 126 valence electrons. The van der Waals surface area contributed by atoms with Gasteiger partial charge < -0.3 is 11.1 Å². The van der Waals surface area contributed by atoms with E-state index in [1.807, 2.05) is 25.1 Å². The predicted octanol–water partition coefficient (Wildman–Crippen LogP) is 2.23. The lowest BCUT2D eigenvalue weighted by atomic mass is 9.99. The average Bonchev–Trinajstić information content (AvgIpc) is 2.50. The fourth-order valence-corrected chi connectivity index (χ4v) is 3.30. The van der Waals surface area contributed by atoms with Crippen molar-refractivity contribution in [3.63, 3.8) is 0 Å². The Morgan fingerprint density at radius 2 is 2.13 bits per heavy atom. The van der Waals surface area contributed by atoms with Crippen LogP contribution in [0.2, 0.25) is 0 Å². The van der Waals surface area contributed by atoms with Crippen LogP contribution in [-0.2, 0) is 16.0 Å². The number of carbonyl (C=O) groups excluding carboxylic acids is 2. The number of aryl methyl sites for hydroxylation is 2. The number of nitrogens with two attached hydrogens (primary N) is 1. The number of amides is 2. The Morgan fingerprint density at radius 3 is 2.83 bits per heavy atom. The normalized spacial score (nSPS) is 18.6. The maximum absolute atomic E-state index is 12.5. The van der Waals surface area contributed by atoms with Gasteiger partial charge in [0.2, 0.25) is 11.8 Å². The molecule has 0 radical (unpaired) electrons. The van der Waals surface area contributed by atoms with E-state index < -0.39 is 0 Å². The first kappa shape index (κ1) is 17.5. The number of hydrogen-bond donors (Lipinski definition) is 2. The Morgan fingerprint density at radius 1 is 1.35 bits per heavy atom. The summed E-state index contributed by atoms with van der Waals surface area (Å²) in [5.41, 5.74) is 8.47. The average molecular weight is 317 g/mol. The first-order chi connectivity index (χ1) is 11.0. The van der Waals surface area contributed by atoms with Crippen LogP contribution in [0.3, 0.4) is 0 Å². The van der Waals surface area contributed by atoms with Gasteiger partial charge in [-0.2, -0.15) is 0 Å². The van der Waals surface area contributed by atoms with E-state index in [1.165, 1.54) is 0 Å². The Balaban J connectivity index is 2.02. The maximum atomic E-state index is 12.5. The third-order valence-electron chi connectivity index (χ3n) is 4.54. The highest BCUT2D eigenvalue weighted by atomic mass is 16.2. The number of nitrogens with one attached hydrogen (secondary N) is 1. The summed E-state index contributed by atoms with van der Waals surface area (Å²) in [5, 5.41) is 3.05. The Hall–Kier alpha value is -1.88. The number of benzene rings is 1. The number of anilines is 1. The van der Waals surface area contributed by atoms with Crippen LogP contribution in [-0.4, -0.2) is 35.8 Å². The van der Waals surface area contributed by atoms with Gasteiger partial charge in [-0.3, -0.25) is 14.5 Å². The molecule has 1 saturated heterocycles. The first-order valence-electron chi connectivity index (χ1n) is 8.42. The SMILES string of the molecule is CCc1cccc(C)c1NC(=O)CN1CCCC[C@@H]1CC(N)=O. The molecule has 0 aromatic heterocycles. The largest absolute Gasteiger partial charge is 0.370 e. The number of para-hydroxylation sites is 1. The summed E-state index contributed by atoms with van der Waals surface area (Å²) >= 11 is 0. The maximum Gasteiger partial charge on any atom is 0.238 e. The molecule has 0 spiro atoms. The lowest BCUT2D eigenvalue weighted by Crippen LogP contribution is -2.45.